The van der Waals surface area contributed by atoms with Crippen LogP contribution in [0.15, 0.2) is 134 Å². The van der Waals surface area contributed by atoms with E-state index < -0.39 is 0 Å². The van der Waals surface area contributed by atoms with Crippen molar-refractivity contribution in [2.75, 3.05) is 0 Å². The Balaban J connectivity index is 1.28. The van der Waals surface area contributed by atoms with Gasteiger partial charge in [-0.2, -0.15) is 0 Å². The molecule has 0 atom stereocenters. The number of pyridine rings is 1. The van der Waals surface area contributed by atoms with E-state index in [1.807, 2.05) is 12.3 Å². The van der Waals surface area contributed by atoms with Gasteiger partial charge in [0.1, 0.15) is 5.82 Å². The first-order valence-electron chi connectivity index (χ1n) is 14.6. The van der Waals surface area contributed by atoms with Crippen molar-refractivity contribution in [3.05, 3.63) is 145 Å². The van der Waals surface area contributed by atoms with E-state index in [0.29, 0.717) is 0 Å². The summed E-state index contributed by atoms with van der Waals surface area (Å²) in [5, 5.41) is 7.64. The van der Waals surface area contributed by atoms with Gasteiger partial charge < -0.3 is 0 Å². The molecule has 2 aromatic heterocycles. The Labute approximate surface area is 244 Å². The minimum absolute atomic E-state index is 0.0694. The minimum Gasteiger partial charge on any atom is -0.294 e. The maximum atomic E-state index is 4.74. The number of hydrogen-bond donors (Lipinski definition) is 0. The summed E-state index contributed by atoms with van der Waals surface area (Å²) in [7, 11) is 0. The molecule has 0 fully saturated rings. The molecule has 1 aliphatic rings. The van der Waals surface area contributed by atoms with Crippen LogP contribution in [0.2, 0.25) is 0 Å². The van der Waals surface area contributed by atoms with Crippen LogP contribution in [-0.2, 0) is 5.41 Å². The molecular weight excluding hydrogens is 508 g/mol. The van der Waals surface area contributed by atoms with Crippen molar-refractivity contribution in [2.24, 2.45) is 0 Å². The first-order chi connectivity index (χ1) is 20.6. The molecule has 2 heteroatoms. The molecule has 198 valence electrons. The minimum atomic E-state index is -0.0694. The number of fused-ring (bicyclic) bond motifs is 9. The van der Waals surface area contributed by atoms with Gasteiger partial charge in [0.15, 0.2) is 0 Å². The smallest absolute Gasteiger partial charge is 0.137 e. The maximum Gasteiger partial charge on any atom is 0.137 e. The van der Waals surface area contributed by atoms with Crippen molar-refractivity contribution in [3.8, 4) is 28.1 Å². The van der Waals surface area contributed by atoms with Gasteiger partial charge in [0, 0.05) is 22.4 Å². The van der Waals surface area contributed by atoms with E-state index >= 15 is 0 Å². The van der Waals surface area contributed by atoms with Crippen LogP contribution in [0.5, 0.6) is 0 Å². The van der Waals surface area contributed by atoms with Gasteiger partial charge in [-0.3, -0.25) is 4.57 Å². The van der Waals surface area contributed by atoms with Crippen LogP contribution in [0.1, 0.15) is 25.0 Å². The second-order valence-corrected chi connectivity index (χ2v) is 12.1. The molecule has 0 radical (unpaired) electrons. The van der Waals surface area contributed by atoms with Crippen molar-refractivity contribution in [1.82, 2.24) is 9.55 Å². The van der Waals surface area contributed by atoms with Gasteiger partial charge in [-0.05, 0) is 103 Å². The van der Waals surface area contributed by atoms with Crippen LogP contribution in [0.25, 0.3) is 71.4 Å². The molecule has 6 aromatic carbocycles. The van der Waals surface area contributed by atoms with Crippen molar-refractivity contribution in [3.63, 3.8) is 0 Å². The van der Waals surface area contributed by atoms with E-state index in [4.69, 9.17) is 4.98 Å². The second-order valence-electron chi connectivity index (χ2n) is 12.1. The maximum absolute atomic E-state index is 4.74. The molecule has 9 rings (SSSR count). The second kappa shape index (κ2) is 8.41. The zero-order chi connectivity index (χ0) is 28.0. The molecule has 2 heterocycles. The largest absolute Gasteiger partial charge is 0.294 e. The summed E-state index contributed by atoms with van der Waals surface area (Å²) in [4.78, 5) is 4.74. The van der Waals surface area contributed by atoms with Gasteiger partial charge in [-0.15, -0.1) is 0 Å². The van der Waals surface area contributed by atoms with Crippen LogP contribution in [0.3, 0.4) is 0 Å². The van der Waals surface area contributed by atoms with E-state index in [2.05, 4.69) is 140 Å². The van der Waals surface area contributed by atoms with Gasteiger partial charge in [0.2, 0.25) is 0 Å². The molecule has 2 nitrogen and oxygen atoms in total. The Hall–Kier alpha value is -5.21. The third-order valence-electron chi connectivity index (χ3n) is 9.41. The SMILES string of the molecule is CC1(C)c2cc(-c3ccc4c(c3)c3c5ccccc5ccc3n4-c3ccccn3)ccc2-c2cc3ccccc3cc21. The fourth-order valence-electron chi connectivity index (χ4n) is 7.30. The van der Waals surface area contributed by atoms with E-state index in [0.717, 1.165) is 5.82 Å². The first-order valence-corrected chi connectivity index (χ1v) is 14.6. The lowest BCUT2D eigenvalue weighted by Crippen LogP contribution is -2.15. The Morgan fingerprint density at radius 2 is 1.21 bits per heavy atom. The lowest BCUT2D eigenvalue weighted by Gasteiger charge is -2.22. The summed E-state index contributed by atoms with van der Waals surface area (Å²) in [5.74, 6) is 0.935. The van der Waals surface area contributed by atoms with Gasteiger partial charge in [-0.1, -0.05) is 92.7 Å². The van der Waals surface area contributed by atoms with Crippen LogP contribution >= 0.6 is 0 Å². The Morgan fingerprint density at radius 1 is 0.524 bits per heavy atom. The average molecular weight is 537 g/mol. The summed E-state index contributed by atoms with van der Waals surface area (Å²) in [5.41, 5.74) is 10.3. The summed E-state index contributed by atoms with van der Waals surface area (Å²) in [6.45, 7) is 4.73. The predicted molar refractivity (Wildman–Crippen MR) is 177 cm³/mol. The molecule has 1 aliphatic carbocycles. The van der Waals surface area contributed by atoms with Crippen molar-refractivity contribution in [1.29, 1.82) is 0 Å². The molecule has 0 saturated heterocycles. The summed E-state index contributed by atoms with van der Waals surface area (Å²) < 4.78 is 2.30. The van der Waals surface area contributed by atoms with Crippen molar-refractivity contribution in [2.45, 2.75) is 19.3 Å². The van der Waals surface area contributed by atoms with Gasteiger partial charge in [0.05, 0.1) is 11.0 Å². The fraction of sp³-hybridized carbons (Fsp3) is 0.0750. The monoisotopic (exact) mass is 536 g/mol. The van der Waals surface area contributed by atoms with E-state index in [9.17, 15) is 0 Å². The van der Waals surface area contributed by atoms with Gasteiger partial charge >= 0.3 is 0 Å². The Morgan fingerprint density at radius 3 is 2.05 bits per heavy atom. The fourth-order valence-corrected chi connectivity index (χ4v) is 7.30. The van der Waals surface area contributed by atoms with Crippen LogP contribution in [0, 0.1) is 0 Å². The number of benzene rings is 6. The topological polar surface area (TPSA) is 17.8 Å². The highest BCUT2D eigenvalue weighted by Crippen LogP contribution is 2.51. The highest BCUT2D eigenvalue weighted by molar-refractivity contribution is 6.21. The Bertz CT molecular complexity index is 2370. The predicted octanol–water partition coefficient (Wildman–Crippen LogP) is 10.5. The average Bonchev–Trinajstić information content (AvgIpc) is 3.48. The molecule has 0 saturated carbocycles. The Kier molecular flexibility index (Phi) is 4.70. The number of aromatic nitrogens is 2. The first kappa shape index (κ1) is 23.5. The van der Waals surface area contributed by atoms with Crippen LogP contribution < -0.4 is 0 Å². The molecule has 0 spiro atoms. The third-order valence-corrected chi connectivity index (χ3v) is 9.41. The molecule has 0 aliphatic heterocycles. The summed E-state index contributed by atoms with van der Waals surface area (Å²) in [6.07, 6.45) is 1.87. The number of hydrogen-bond acceptors (Lipinski definition) is 1. The van der Waals surface area contributed by atoms with Gasteiger partial charge in [0.25, 0.3) is 0 Å². The number of rotatable bonds is 2. The molecule has 0 unspecified atom stereocenters. The highest BCUT2D eigenvalue weighted by atomic mass is 15.1. The van der Waals surface area contributed by atoms with E-state index in [-0.39, 0.29) is 5.41 Å². The molecule has 8 aromatic rings. The lowest BCUT2D eigenvalue weighted by molar-refractivity contribution is 0.661. The van der Waals surface area contributed by atoms with E-state index in [1.54, 1.807) is 0 Å². The number of nitrogens with zero attached hydrogens (tertiary/aromatic N) is 2. The van der Waals surface area contributed by atoms with E-state index in [1.165, 1.54) is 76.7 Å². The zero-order valence-corrected chi connectivity index (χ0v) is 23.6. The normalized spacial score (nSPS) is 13.7. The highest BCUT2D eigenvalue weighted by Gasteiger charge is 2.36. The van der Waals surface area contributed by atoms with Gasteiger partial charge in [-0.25, -0.2) is 4.98 Å². The molecule has 0 N–H and O–H groups in total. The molecular formula is C40H28N2. The lowest BCUT2D eigenvalue weighted by atomic mass is 9.81. The van der Waals surface area contributed by atoms with Crippen LogP contribution in [-0.4, -0.2) is 9.55 Å². The molecule has 0 bridgehead atoms. The quantitative estimate of drug-likeness (QED) is 0.215. The zero-order valence-electron chi connectivity index (χ0n) is 23.6. The summed E-state index contributed by atoms with van der Waals surface area (Å²) >= 11 is 0. The van der Waals surface area contributed by atoms with Crippen LogP contribution in [0.4, 0.5) is 0 Å². The standard InChI is InChI=1S/C40H28N2/c1-40(2)34-24-29(14-17-31(34)32-21-26-10-3-4-11-27(26)23-35(32)40)28-16-18-36-33(22-28)39-30-12-6-5-9-25(30)15-19-37(39)42(36)38-13-7-8-20-41-38/h3-24H,1-2H3. The third kappa shape index (κ3) is 3.18. The molecule has 42 heavy (non-hydrogen) atoms. The van der Waals surface area contributed by atoms with Crippen molar-refractivity contribution < 1.29 is 0 Å². The van der Waals surface area contributed by atoms with Crippen molar-refractivity contribution >= 4 is 43.4 Å². The summed E-state index contributed by atoms with van der Waals surface area (Å²) in [6, 6.07) is 46.7. The molecule has 0 amide bonds.